The number of aliphatic carboxylic acids is 1. The van der Waals surface area contributed by atoms with Crippen LogP contribution < -0.4 is 0 Å². The molecule has 1 amide bonds. The Balaban J connectivity index is 1.83. The summed E-state index contributed by atoms with van der Waals surface area (Å²) in [4.78, 5) is 25.3. The lowest BCUT2D eigenvalue weighted by Gasteiger charge is -2.35. The van der Waals surface area contributed by atoms with Gasteiger partial charge in [0.2, 0.25) is 5.91 Å². The van der Waals surface area contributed by atoms with E-state index in [1.807, 2.05) is 4.90 Å². The second-order valence-corrected chi connectivity index (χ2v) is 6.45. The molecule has 2 atom stereocenters. The lowest BCUT2D eigenvalue weighted by atomic mass is 9.86. The molecule has 1 saturated heterocycles. The van der Waals surface area contributed by atoms with Crippen LogP contribution in [0, 0.1) is 23.7 Å². The molecule has 4 heteroatoms. The van der Waals surface area contributed by atoms with E-state index in [-0.39, 0.29) is 17.7 Å². The average molecular weight is 267 g/mol. The van der Waals surface area contributed by atoms with Crippen LogP contribution in [0.3, 0.4) is 0 Å². The zero-order valence-corrected chi connectivity index (χ0v) is 12.0. The van der Waals surface area contributed by atoms with E-state index in [4.69, 9.17) is 5.11 Å². The third-order valence-corrected chi connectivity index (χ3v) is 4.93. The van der Waals surface area contributed by atoms with E-state index in [9.17, 15) is 9.59 Å². The van der Waals surface area contributed by atoms with E-state index < -0.39 is 5.97 Å². The number of piperidine rings is 1. The molecule has 1 aliphatic heterocycles. The van der Waals surface area contributed by atoms with Crippen molar-refractivity contribution in [3.63, 3.8) is 0 Å². The van der Waals surface area contributed by atoms with Crippen molar-refractivity contribution in [2.45, 2.75) is 46.0 Å². The van der Waals surface area contributed by atoms with Crippen LogP contribution >= 0.6 is 0 Å². The van der Waals surface area contributed by atoms with Crippen LogP contribution in [-0.2, 0) is 9.59 Å². The van der Waals surface area contributed by atoms with Gasteiger partial charge in [0.1, 0.15) is 0 Å². The van der Waals surface area contributed by atoms with Crippen LogP contribution in [0.25, 0.3) is 0 Å². The van der Waals surface area contributed by atoms with E-state index >= 15 is 0 Å². The molecule has 0 aromatic heterocycles. The molecule has 0 bridgehead atoms. The Morgan fingerprint density at radius 1 is 1.05 bits per heavy atom. The van der Waals surface area contributed by atoms with Crippen LogP contribution in [0.4, 0.5) is 0 Å². The van der Waals surface area contributed by atoms with Gasteiger partial charge >= 0.3 is 5.97 Å². The zero-order chi connectivity index (χ0) is 14.0. The van der Waals surface area contributed by atoms with Gasteiger partial charge in [0.25, 0.3) is 0 Å². The van der Waals surface area contributed by atoms with Gasteiger partial charge < -0.3 is 10.0 Å². The summed E-state index contributed by atoms with van der Waals surface area (Å²) in [5.41, 5.74) is 0. The Morgan fingerprint density at radius 3 is 2.11 bits per heavy atom. The van der Waals surface area contributed by atoms with E-state index in [2.05, 4.69) is 13.8 Å². The number of hydrogen-bond acceptors (Lipinski definition) is 2. The number of rotatable bonds is 3. The summed E-state index contributed by atoms with van der Waals surface area (Å²) < 4.78 is 0. The number of carboxylic acids is 1. The predicted molar refractivity (Wildman–Crippen MR) is 72.6 cm³/mol. The van der Waals surface area contributed by atoms with Crippen LogP contribution in [-0.4, -0.2) is 35.0 Å². The fraction of sp³-hybridized carbons (Fsp3) is 0.867. The Hall–Kier alpha value is -1.06. The first kappa shape index (κ1) is 14.4. The molecule has 0 aromatic carbocycles. The molecule has 2 unspecified atom stereocenters. The van der Waals surface area contributed by atoms with Crippen molar-refractivity contribution in [3.8, 4) is 0 Å². The molecule has 0 spiro atoms. The summed E-state index contributed by atoms with van der Waals surface area (Å²) in [5, 5.41) is 8.99. The van der Waals surface area contributed by atoms with E-state index in [1.54, 1.807) is 0 Å². The molecule has 2 fully saturated rings. The lowest BCUT2D eigenvalue weighted by Crippen LogP contribution is -2.42. The fourth-order valence-electron chi connectivity index (χ4n) is 3.47. The number of hydrogen-bond donors (Lipinski definition) is 1. The number of amides is 1. The van der Waals surface area contributed by atoms with E-state index in [0.29, 0.717) is 18.8 Å². The van der Waals surface area contributed by atoms with Gasteiger partial charge in [0.15, 0.2) is 0 Å². The Bertz CT molecular complexity index is 345. The van der Waals surface area contributed by atoms with Crippen LogP contribution in [0.1, 0.15) is 46.0 Å². The topological polar surface area (TPSA) is 57.6 Å². The number of carbonyl (C=O) groups is 2. The summed E-state index contributed by atoms with van der Waals surface area (Å²) in [6, 6.07) is 0. The minimum Gasteiger partial charge on any atom is -0.481 e. The summed E-state index contributed by atoms with van der Waals surface area (Å²) >= 11 is 0. The molecular weight excluding hydrogens is 242 g/mol. The molecule has 2 aliphatic rings. The second kappa shape index (κ2) is 5.93. The summed E-state index contributed by atoms with van der Waals surface area (Å²) in [7, 11) is 0. The van der Waals surface area contributed by atoms with Crippen molar-refractivity contribution < 1.29 is 14.7 Å². The van der Waals surface area contributed by atoms with Gasteiger partial charge in [-0.1, -0.05) is 13.8 Å². The quantitative estimate of drug-likeness (QED) is 0.854. The van der Waals surface area contributed by atoms with Gasteiger partial charge in [0, 0.05) is 19.0 Å². The van der Waals surface area contributed by atoms with Gasteiger partial charge in [0.05, 0.1) is 5.92 Å². The first-order chi connectivity index (χ1) is 8.99. The summed E-state index contributed by atoms with van der Waals surface area (Å²) in [6.45, 7) is 6.21. The molecule has 0 aromatic rings. The van der Waals surface area contributed by atoms with Crippen molar-refractivity contribution in [3.05, 3.63) is 0 Å². The Kier molecular flexibility index (Phi) is 4.48. The zero-order valence-electron chi connectivity index (χ0n) is 12.0. The highest BCUT2D eigenvalue weighted by Gasteiger charge is 2.36. The average Bonchev–Trinajstić information content (AvgIpc) is 2.87. The molecule has 108 valence electrons. The van der Waals surface area contributed by atoms with Gasteiger partial charge in [-0.3, -0.25) is 9.59 Å². The normalized spacial score (nSPS) is 28.9. The molecule has 1 aliphatic carbocycles. The molecule has 1 N–H and O–H groups in total. The second-order valence-electron chi connectivity index (χ2n) is 6.45. The smallest absolute Gasteiger partial charge is 0.306 e. The molecule has 2 rings (SSSR count). The van der Waals surface area contributed by atoms with E-state index in [0.717, 1.165) is 38.3 Å². The third-order valence-electron chi connectivity index (χ3n) is 4.93. The molecule has 0 radical (unpaired) electrons. The SMILES string of the molecule is CC(C)C1CCN(C(=O)C2CCC(C(=O)O)C2)CC1. The maximum absolute atomic E-state index is 12.4. The molecule has 19 heavy (non-hydrogen) atoms. The Labute approximate surface area is 115 Å². The highest BCUT2D eigenvalue weighted by molar-refractivity contribution is 5.81. The van der Waals surface area contributed by atoms with Crippen molar-refractivity contribution in [1.82, 2.24) is 4.90 Å². The monoisotopic (exact) mass is 267 g/mol. The van der Waals surface area contributed by atoms with Gasteiger partial charge in [-0.2, -0.15) is 0 Å². The molecule has 1 saturated carbocycles. The van der Waals surface area contributed by atoms with Gasteiger partial charge in [-0.25, -0.2) is 0 Å². The first-order valence-electron chi connectivity index (χ1n) is 7.50. The maximum Gasteiger partial charge on any atom is 0.306 e. The van der Waals surface area contributed by atoms with Gasteiger partial charge in [-0.05, 0) is 43.9 Å². The highest BCUT2D eigenvalue weighted by atomic mass is 16.4. The van der Waals surface area contributed by atoms with Crippen molar-refractivity contribution in [2.75, 3.05) is 13.1 Å². The summed E-state index contributed by atoms with van der Waals surface area (Å²) in [5.74, 6) is 0.540. The minimum absolute atomic E-state index is 0.0447. The number of nitrogens with zero attached hydrogens (tertiary/aromatic N) is 1. The van der Waals surface area contributed by atoms with E-state index in [1.165, 1.54) is 0 Å². The van der Waals surface area contributed by atoms with Gasteiger partial charge in [-0.15, -0.1) is 0 Å². The number of carbonyl (C=O) groups excluding carboxylic acids is 1. The summed E-state index contributed by atoms with van der Waals surface area (Å²) in [6.07, 6.45) is 4.14. The number of carboxylic acid groups (broad SMARTS) is 1. The molecule has 1 heterocycles. The fourth-order valence-corrected chi connectivity index (χ4v) is 3.47. The van der Waals surface area contributed by atoms with Crippen molar-refractivity contribution >= 4 is 11.9 Å². The number of likely N-dealkylation sites (tertiary alicyclic amines) is 1. The van der Waals surface area contributed by atoms with Crippen LogP contribution in [0.15, 0.2) is 0 Å². The Morgan fingerprint density at radius 2 is 1.63 bits per heavy atom. The van der Waals surface area contributed by atoms with Crippen molar-refractivity contribution in [2.24, 2.45) is 23.7 Å². The highest BCUT2D eigenvalue weighted by Crippen LogP contribution is 2.34. The molecule has 4 nitrogen and oxygen atoms in total. The van der Waals surface area contributed by atoms with Crippen LogP contribution in [0.2, 0.25) is 0 Å². The van der Waals surface area contributed by atoms with Crippen molar-refractivity contribution in [1.29, 1.82) is 0 Å². The lowest BCUT2D eigenvalue weighted by molar-refractivity contribution is -0.141. The standard InChI is InChI=1S/C15H25NO3/c1-10(2)11-5-7-16(8-6-11)14(17)12-3-4-13(9-12)15(18)19/h10-13H,3-9H2,1-2H3,(H,18,19). The largest absolute Gasteiger partial charge is 0.481 e. The third kappa shape index (κ3) is 3.28. The predicted octanol–water partition coefficient (Wildman–Crippen LogP) is 2.38. The first-order valence-corrected chi connectivity index (χ1v) is 7.50. The molecular formula is C15H25NO3. The maximum atomic E-state index is 12.4. The van der Waals surface area contributed by atoms with Crippen LogP contribution in [0.5, 0.6) is 0 Å². The minimum atomic E-state index is -0.742.